The molecule has 0 radical (unpaired) electrons. The standard InChI is InChI=1S/C8H15ClN2O2S/c9-14(12,13)11-6-3-8(7-11)10-4-1-2-5-10/h8H,1-7H2. The third-order valence-corrected chi connectivity index (χ3v) is 4.63. The van der Waals surface area contributed by atoms with Crippen LogP contribution >= 0.6 is 10.7 Å². The molecule has 0 aliphatic carbocycles. The van der Waals surface area contributed by atoms with Gasteiger partial charge in [-0.25, -0.2) is 0 Å². The Bertz CT molecular complexity index is 300. The monoisotopic (exact) mass is 238 g/mol. The molecule has 0 saturated carbocycles. The number of likely N-dealkylation sites (tertiary alicyclic amines) is 1. The van der Waals surface area contributed by atoms with E-state index in [4.69, 9.17) is 10.7 Å². The molecule has 6 heteroatoms. The lowest BCUT2D eigenvalue weighted by Crippen LogP contribution is -2.35. The summed E-state index contributed by atoms with van der Waals surface area (Å²) in [4.78, 5) is 2.38. The van der Waals surface area contributed by atoms with Crippen LogP contribution in [0.2, 0.25) is 0 Å². The molecule has 0 N–H and O–H groups in total. The Morgan fingerprint density at radius 2 is 1.79 bits per heavy atom. The zero-order valence-electron chi connectivity index (χ0n) is 8.02. The van der Waals surface area contributed by atoms with E-state index in [1.165, 1.54) is 17.1 Å². The van der Waals surface area contributed by atoms with Crippen LogP contribution in [-0.4, -0.2) is 49.8 Å². The first-order valence-corrected chi connectivity index (χ1v) is 7.28. The third-order valence-electron chi connectivity index (χ3n) is 3.09. The molecule has 2 fully saturated rings. The minimum atomic E-state index is -3.49. The topological polar surface area (TPSA) is 40.6 Å². The van der Waals surface area contributed by atoms with Gasteiger partial charge >= 0.3 is 0 Å². The second-order valence-electron chi connectivity index (χ2n) is 3.99. The summed E-state index contributed by atoms with van der Waals surface area (Å²) in [6.07, 6.45) is 3.40. The highest BCUT2D eigenvalue weighted by Gasteiger charge is 2.33. The Hall–Kier alpha value is 0.160. The van der Waals surface area contributed by atoms with Gasteiger partial charge in [0.25, 0.3) is 9.24 Å². The van der Waals surface area contributed by atoms with Gasteiger partial charge in [0.1, 0.15) is 0 Å². The largest absolute Gasteiger partial charge is 0.299 e. The first-order valence-electron chi connectivity index (χ1n) is 5.01. The number of rotatable bonds is 2. The van der Waals surface area contributed by atoms with Crippen LogP contribution in [0.3, 0.4) is 0 Å². The maximum absolute atomic E-state index is 11.1. The Balaban J connectivity index is 1.94. The van der Waals surface area contributed by atoms with E-state index < -0.39 is 9.24 Å². The van der Waals surface area contributed by atoms with Gasteiger partial charge in [-0.15, -0.1) is 0 Å². The molecule has 0 amide bonds. The highest BCUT2D eigenvalue weighted by molar-refractivity contribution is 8.11. The molecular weight excluding hydrogens is 224 g/mol. The molecule has 0 aromatic heterocycles. The Morgan fingerprint density at radius 3 is 2.29 bits per heavy atom. The molecule has 1 atom stereocenters. The molecular formula is C8H15ClN2O2S. The van der Waals surface area contributed by atoms with Crippen LogP contribution in [0.4, 0.5) is 0 Å². The molecule has 0 spiro atoms. The summed E-state index contributed by atoms with van der Waals surface area (Å²) in [5, 5.41) is 0. The predicted octanol–water partition coefficient (Wildman–Crippen LogP) is 0.640. The van der Waals surface area contributed by atoms with Crippen LogP contribution in [-0.2, 0) is 9.24 Å². The number of hydrogen-bond donors (Lipinski definition) is 0. The van der Waals surface area contributed by atoms with Crippen molar-refractivity contribution in [2.45, 2.75) is 25.3 Å². The van der Waals surface area contributed by atoms with Crippen LogP contribution in [0.5, 0.6) is 0 Å². The van der Waals surface area contributed by atoms with Gasteiger partial charge in [-0.1, -0.05) is 0 Å². The Kier molecular flexibility index (Phi) is 3.02. The first-order chi connectivity index (χ1) is 6.57. The second kappa shape index (κ2) is 3.96. The van der Waals surface area contributed by atoms with E-state index in [2.05, 4.69) is 4.90 Å². The zero-order valence-corrected chi connectivity index (χ0v) is 9.60. The minimum absolute atomic E-state index is 0.394. The summed E-state index contributed by atoms with van der Waals surface area (Å²) in [7, 11) is 1.80. The molecule has 2 rings (SSSR count). The van der Waals surface area contributed by atoms with E-state index in [1.807, 2.05) is 0 Å². The summed E-state index contributed by atoms with van der Waals surface area (Å²) >= 11 is 0. The van der Waals surface area contributed by atoms with E-state index in [-0.39, 0.29) is 0 Å². The Labute approximate surface area is 89.4 Å². The van der Waals surface area contributed by atoms with Gasteiger partial charge in [-0.05, 0) is 32.4 Å². The predicted molar refractivity (Wildman–Crippen MR) is 55.6 cm³/mol. The molecule has 1 unspecified atom stereocenters. The fraction of sp³-hybridized carbons (Fsp3) is 1.00. The van der Waals surface area contributed by atoms with E-state index in [9.17, 15) is 8.42 Å². The van der Waals surface area contributed by atoms with Gasteiger partial charge in [0.2, 0.25) is 0 Å². The van der Waals surface area contributed by atoms with E-state index >= 15 is 0 Å². The molecule has 4 nitrogen and oxygen atoms in total. The van der Waals surface area contributed by atoms with E-state index in [0.29, 0.717) is 19.1 Å². The van der Waals surface area contributed by atoms with Crippen molar-refractivity contribution in [1.82, 2.24) is 9.21 Å². The molecule has 0 bridgehead atoms. The van der Waals surface area contributed by atoms with Gasteiger partial charge in [0, 0.05) is 29.8 Å². The fourth-order valence-electron chi connectivity index (χ4n) is 2.31. The molecule has 2 heterocycles. The van der Waals surface area contributed by atoms with Gasteiger partial charge in [0.15, 0.2) is 0 Å². The molecule has 82 valence electrons. The van der Waals surface area contributed by atoms with E-state index in [0.717, 1.165) is 19.5 Å². The lowest BCUT2D eigenvalue weighted by atomic mass is 10.2. The maximum Gasteiger partial charge on any atom is 0.299 e. The van der Waals surface area contributed by atoms with Gasteiger partial charge in [-0.3, -0.25) is 4.90 Å². The summed E-state index contributed by atoms with van der Waals surface area (Å²) in [5.74, 6) is 0. The highest BCUT2D eigenvalue weighted by atomic mass is 35.7. The van der Waals surface area contributed by atoms with Crippen molar-refractivity contribution in [3.8, 4) is 0 Å². The smallest absolute Gasteiger partial charge is 0.299 e. The first kappa shape index (κ1) is 10.7. The van der Waals surface area contributed by atoms with Gasteiger partial charge in [-0.2, -0.15) is 12.7 Å². The molecule has 0 aromatic rings. The molecule has 2 aliphatic heterocycles. The van der Waals surface area contributed by atoms with Crippen molar-refractivity contribution >= 4 is 19.9 Å². The van der Waals surface area contributed by atoms with Crippen LogP contribution < -0.4 is 0 Å². The van der Waals surface area contributed by atoms with Crippen LogP contribution in [0, 0.1) is 0 Å². The second-order valence-corrected chi connectivity index (χ2v) is 6.50. The average Bonchev–Trinajstić information content (AvgIpc) is 2.73. The number of hydrogen-bond acceptors (Lipinski definition) is 3. The van der Waals surface area contributed by atoms with Gasteiger partial charge < -0.3 is 0 Å². The minimum Gasteiger partial charge on any atom is -0.299 e. The third kappa shape index (κ3) is 2.21. The van der Waals surface area contributed by atoms with Crippen molar-refractivity contribution in [2.24, 2.45) is 0 Å². The molecule has 14 heavy (non-hydrogen) atoms. The number of nitrogens with zero attached hydrogens (tertiary/aromatic N) is 2. The SMILES string of the molecule is O=S(=O)(Cl)N1CCC(N2CCCC2)C1. The summed E-state index contributed by atoms with van der Waals surface area (Å²) < 4.78 is 23.5. The van der Waals surface area contributed by atoms with Crippen LogP contribution in [0.1, 0.15) is 19.3 Å². The van der Waals surface area contributed by atoms with Crippen molar-refractivity contribution in [1.29, 1.82) is 0 Å². The normalized spacial score (nSPS) is 31.4. The van der Waals surface area contributed by atoms with Crippen LogP contribution in [0.25, 0.3) is 0 Å². The molecule has 2 aliphatic rings. The van der Waals surface area contributed by atoms with E-state index in [1.54, 1.807) is 0 Å². The van der Waals surface area contributed by atoms with Crippen molar-refractivity contribution in [3.05, 3.63) is 0 Å². The fourth-order valence-corrected chi connectivity index (χ4v) is 3.36. The molecule has 2 saturated heterocycles. The highest BCUT2D eigenvalue weighted by Crippen LogP contribution is 2.23. The zero-order chi connectivity index (χ0) is 10.2. The summed E-state index contributed by atoms with van der Waals surface area (Å²) in [6.45, 7) is 3.38. The van der Waals surface area contributed by atoms with Crippen molar-refractivity contribution in [2.75, 3.05) is 26.2 Å². The van der Waals surface area contributed by atoms with Crippen molar-refractivity contribution in [3.63, 3.8) is 0 Å². The molecule has 0 aromatic carbocycles. The summed E-state index contributed by atoms with van der Waals surface area (Å²) in [5.41, 5.74) is 0. The summed E-state index contributed by atoms with van der Waals surface area (Å²) in [6, 6.07) is 0.394. The average molecular weight is 239 g/mol. The van der Waals surface area contributed by atoms with Gasteiger partial charge in [0.05, 0.1) is 0 Å². The lowest BCUT2D eigenvalue weighted by molar-refractivity contribution is 0.251. The quantitative estimate of drug-likeness (QED) is 0.663. The van der Waals surface area contributed by atoms with Crippen LogP contribution in [0.15, 0.2) is 0 Å². The Morgan fingerprint density at radius 1 is 1.14 bits per heavy atom. The number of halogens is 1. The maximum atomic E-state index is 11.1. The van der Waals surface area contributed by atoms with Crippen molar-refractivity contribution < 1.29 is 8.42 Å². The lowest BCUT2D eigenvalue weighted by Gasteiger charge is -2.22.